The molecule has 0 aliphatic heterocycles. The third-order valence-corrected chi connectivity index (χ3v) is 6.77. The number of benzene rings is 2. The van der Waals surface area contributed by atoms with Gasteiger partial charge in [0.2, 0.25) is 0 Å². The fraction of sp³-hybridized carbons (Fsp3) is 0.391. The Balaban J connectivity index is 1.92. The van der Waals surface area contributed by atoms with Gasteiger partial charge in [0.25, 0.3) is 0 Å². The number of nitrogens with one attached hydrogen (secondary N) is 1. The van der Waals surface area contributed by atoms with Gasteiger partial charge in [0.1, 0.15) is 24.4 Å². The molecule has 0 saturated carbocycles. The maximum atomic E-state index is 10.7. The highest BCUT2D eigenvalue weighted by Gasteiger charge is 2.34. The summed E-state index contributed by atoms with van der Waals surface area (Å²) >= 11 is 9.55. The van der Waals surface area contributed by atoms with Crippen molar-refractivity contribution in [3.05, 3.63) is 46.2 Å². The fourth-order valence-corrected chi connectivity index (χ4v) is 3.96. The van der Waals surface area contributed by atoms with Crippen molar-refractivity contribution in [3.63, 3.8) is 0 Å². The van der Waals surface area contributed by atoms with Crippen LogP contribution in [0.25, 0.3) is 10.9 Å². The van der Waals surface area contributed by atoms with Crippen molar-refractivity contribution in [2.24, 2.45) is 0 Å². The molecule has 0 saturated heterocycles. The molecule has 0 spiro atoms. The van der Waals surface area contributed by atoms with E-state index in [1.807, 2.05) is 12.1 Å². The van der Waals surface area contributed by atoms with Crippen molar-refractivity contribution in [3.8, 4) is 11.5 Å². The maximum absolute atomic E-state index is 10.7. The molecule has 0 amide bonds. The average Bonchev–Trinajstić information content (AvgIpc) is 2.84. The number of nitrogens with zero attached hydrogens (tertiary/aromatic N) is 3. The van der Waals surface area contributed by atoms with Gasteiger partial charge in [0.15, 0.2) is 17.6 Å². The van der Waals surface area contributed by atoms with Crippen LogP contribution in [0.5, 0.6) is 11.5 Å². The number of anilines is 2. The molecule has 0 unspecified atom stereocenters. The van der Waals surface area contributed by atoms with Gasteiger partial charge in [-0.1, -0.05) is 11.6 Å². The van der Waals surface area contributed by atoms with Crippen LogP contribution in [0.2, 0.25) is 5.02 Å². The van der Waals surface area contributed by atoms with E-state index in [0.29, 0.717) is 33.2 Å². The van der Waals surface area contributed by atoms with E-state index in [1.54, 1.807) is 37.2 Å². The lowest BCUT2D eigenvalue weighted by Gasteiger charge is -2.33. The molecule has 1 aromatic heterocycles. The molecule has 0 aliphatic rings. The van der Waals surface area contributed by atoms with Crippen molar-refractivity contribution in [2.45, 2.75) is 24.4 Å². The van der Waals surface area contributed by atoms with Gasteiger partial charge in [-0.05, 0) is 54.3 Å². The van der Waals surface area contributed by atoms with Crippen LogP contribution in [0, 0.1) is 0 Å². The van der Waals surface area contributed by atoms with E-state index in [2.05, 4.69) is 31.2 Å². The van der Waals surface area contributed by atoms with Crippen molar-refractivity contribution in [1.29, 1.82) is 0 Å². The number of hydrogen-bond acceptors (Lipinski definition) is 10. The second-order valence-electron chi connectivity index (χ2n) is 8.03. The number of fused-ring (bicyclic) bond motifs is 1. The van der Waals surface area contributed by atoms with Crippen LogP contribution in [-0.2, 0) is 0 Å². The van der Waals surface area contributed by atoms with Crippen LogP contribution >= 0.6 is 27.5 Å². The first-order valence-electron chi connectivity index (χ1n) is 10.7. The summed E-state index contributed by atoms with van der Waals surface area (Å²) in [7, 11) is 4.77. The number of hydrogen-bond donors (Lipinski definition) is 5. The molecule has 2 aromatic carbocycles. The summed E-state index contributed by atoms with van der Waals surface area (Å²) in [5.41, 5.74) is 1.23. The molecule has 5 N–H and O–H groups in total. The van der Waals surface area contributed by atoms with Gasteiger partial charge in [-0.2, -0.15) is 0 Å². The number of aliphatic hydroxyl groups excluding tert-OH is 4. The number of ether oxygens (including phenoxy) is 2. The van der Waals surface area contributed by atoms with Gasteiger partial charge in [-0.15, -0.1) is 0 Å². The van der Waals surface area contributed by atoms with Gasteiger partial charge in [0, 0.05) is 21.6 Å². The summed E-state index contributed by atoms with van der Waals surface area (Å²) < 4.78 is 12.1. The van der Waals surface area contributed by atoms with Crippen LogP contribution in [0.3, 0.4) is 0 Å². The number of likely N-dealkylation sites (N-methyl/N-ethyl adjacent to an activating group) is 1. The van der Waals surface area contributed by atoms with Crippen molar-refractivity contribution in [1.82, 2.24) is 14.9 Å². The molecule has 12 heteroatoms. The van der Waals surface area contributed by atoms with Gasteiger partial charge in [-0.3, -0.25) is 0 Å². The molecule has 190 valence electrons. The topological polar surface area (TPSA) is 140 Å². The van der Waals surface area contributed by atoms with E-state index in [0.717, 1.165) is 4.47 Å². The highest BCUT2D eigenvalue weighted by Crippen LogP contribution is 2.36. The Morgan fingerprint density at radius 1 is 1.06 bits per heavy atom. The predicted octanol–water partition coefficient (Wildman–Crippen LogP) is 2.18. The first-order valence-corrected chi connectivity index (χ1v) is 11.8. The molecule has 10 nitrogen and oxygen atoms in total. The Kier molecular flexibility index (Phi) is 9.47. The lowest BCUT2D eigenvalue weighted by atomic mass is 10.0. The second kappa shape index (κ2) is 12.1. The van der Waals surface area contributed by atoms with Crippen molar-refractivity contribution in [2.75, 3.05) is 39.7 Å². The molecule has 0 radical (unpaired) electrons. The molecule has 3 aromatic rings. The van der Waals surface area contributed by atoms with Crippen molar-refractivity contribution >= 4 is 49.9 Å². The lowest BCUT2D eigenvalue weighted by molar-refractivity contribution is -0.0968. The van der Waals surface area contributed by atoms with Crippen LogP contribution in [0.15, 0.2) is 41.1 Å². The maximum Gasteiger partial charge on any atom is 0.164 e. The number of rotatable bonds is 11. The zero-order valence-electron chi connectivity index (χ0n) is 19.4. The summed E-state index contributed by atoms with van der Waals surface area (Å²) in [6.07, 6.45) is -2.69. The summed E-state index contributed by atoms with van der Waals surface area (Å²) in [5.74, 6) is 1.01. The monoisotopic (exact) mass is 570 g/mol. The van der Waals surface area contributed by atoms with Crippen LogP contribution in [0.4, 0.5) is 11.5 Å². The molecule has 0 aliphatic carbocycles. The van der Waals surface area contributed by atoms with E-state index in [-0.39, 0.29) is 12.4 Å². The quantitative estimate of drug-likeness (QED) is 0.233. The fourth-order valence-electron chi connectivity index (χ4n) is 3.53. The average molecular weight is 572 g/mol. The number of aromatic nitrogens is 2. The van der Waals surface area contributed by atoms with Gasteiger partial charge in [-0.25, -0.2) is 9.97 Å². The van der Waals surface area contributed by atoms with E-state index in [9.17, 15) is 20.4 Å². The standard InChI is InChI=1S/C23H28BrClN4O6/c1-29(2)17(9-30)21(32)22(33)20(10-31)35-19-8-16-13(7-18(19)34-3)23(27-11-26-16)28-12-4-5-14(24)15(25)6-12/h4-8,11,17,20-22,30-33H,9-10H2,1-3H3,(H,26,27,28)/t17-,20-,21+,22+/m1/s1. The van der Waals surface area contributed by atoms with Gasteiger partial charge >= 0.3 is 0 Å². The number of halogens is 2. The Morgan fingerprint density at radius 2 is 1.80 bits per heavy atom. The largest absolute Gasteiger partial charge is 0.493 e. The third kappa shape index (κ3) is 6.31. The molecule has 0 bridgehead atoms. The lowest BCUT2D eigenvalue weighted by Crippen LogP contribution is -2.53. The minimum atomic E-state index is -1.50. The third-order valence-electron chi connectivity index (χ3n) is 5.54. The minimum absolute atomic E-state index is 0.201. The first-order chi connectivity index (χ1) is 16.7. The molecule has 4 atom stereocenters. The summed E-state index contributed by atoms with van der Waals surface area (Å²) in [6, 6.07) is 7.90. The molecule has 3 rings (SSSR count). The Bertz CT molecular complexity index is 1150. The Labute approximate surface area is 216 Å². The molecule has 35 heavy (non-hydrogen) atoms. The van der Waals surface area contributed by atoms with Gasteiger partial charge in [0.05, 0.1) is 36.9 Å². The highest BCUT2D eigenvalue weighted by molar-refractivity contribution is 9.10. The molecular formula is C23H28BrClN4O6. The minimum Gasteiger partial charge on any atom is -0.493 e. The predicted molar refractivity (Wildman–Crippen MR) is 137 cm³/mol. The zero-order chi connectivity index (χ0) is 25.7. The highest BCUT2D eigenvalue weighted by atomic mass is 79.9. The SMILES string of the molecule is COc1cc2c(Nc3ccc(Br)c(Cl)c3)ncnc2cc1O[C@H](CO)[C@H](O)[C@@H](O)[C@@H](CO)N(C)C. The Hall–Kier alpha value is -2.25. The smallest absolute Gasteiger partial charge is 0.164 e. The van der Waals surface area contributed by atoms with Crippen LogP contribution in [0.1, 0.15) is 0 Å². The summed E-state index contributed by atoms with van der Waals surface area (Å²) in [5, 5.41) is 45.0. The van der Waals surface area contributed by atoms with E-state index in [1.165, 1.54) is 13.4 Å². The summed E-state index contributed by atoms with van der Waals surface area (Å²) in [4.78, 5) is 10.2. The first kappa shape index (κ1) is 27.3. The number of aliphatic hydroxyl groups is 4. The number of methoxy groups -OCH3 is 1. The van der Waals surface area contributed by atoms with Crippen LogP contribution < -0.4 is 14.8 Å². The van der Waals surface area contributed by atoms with E-state index < -0.39 is 31.0 Å². The second-order valence-corrected chi connectivity index (χ2v) is 9.29. The van der Waals surface area contributed by atoms with Gasteiger partial charge < -0.3 is 40.1 Å². The summed E-state index contributed by atoms with van der Waals surface area (Å²) in [6.45, 7) is -0.981. The Morgan fingerprint density at radius 3 is 2.40 bits per heavy atom. The molecule has 1 heterocycles. The molecular weight excluding hydrogens is 544 g/mol. The van der Waals surface area contributed by atoms with E-state index >= 15 is 0 Å². The normalized spacial score (nSPS) is 15.0. The van der Waals surface area contributed by atoms with E-state index in [4.69, 9.17) is 21.1 Å². The molecule has 0 fully saturated rings. The zero-order valence-corrected chi connectivity index (χ0v) is 21.7. The van der Waals surface area contributed by atoms with Crippen LogP contribution in [-0.4, -0.2) is 94.1 Å². The van der Waals surface area contributed by atoms with Crippen molar-refractivity contribution < 1.29 is 29.9 Å².